The van der Waals surface area contributed by atoms with Gasteiger partial charge in [-0.25, -0.2) is 4.39 Å². The fourth-order valence-corrected chi connectivity index (χ4v) is 4.52. The van der Waals surface area contributed by atoms with Crippen LogP contribution in [0.25, 0.3) is 0 Å². The monoisotopic (exact) mass is 516 g/mol. The zero-order valence-electron chi connectivity index (χ0n) is 21.6. The number of aliphatic imine (C=N–C) groups is 1. The highest BCUT2D eigenvalue weighted by Crippen LogP contribution is 2.40. The molecule has 0 fully saturated rings. The highest BCUT2D eigenvalue weighted by molar-refractivity contribution is 8.16. The summed E-state index contributed by atoms with van der Waals surface area (Å²) in [6.07, 6.45) is 1.92. The van der Waals surface area contributed by atoms with E-state index >= 15 is 0 Å². The molecule has 3 rings (SSSR count). The van der Waals surface area contributed by atoms with E-state index < -0.39 is 5.41 Å². The van der Waals surface area contributed by atoms with Crippen LogP contribution in [0.3, 0.4) is 0 Å². The summed E-state index contributed by atoms with van der Waals surface area (Å²) in [6, 6.07) is 20.2. The van der Waals surface area contributed by atoms with Crippen molar-refractivity contribution in [2.45, 2.75) is 33.1 Å². The van der Waals surface area contributed by atoms with Gasteiger partial charge in [0.1, 0.15) is 5.82 Å². The Morgan fingerprint density at radius 2 is 1.81 bits per heavy atom. The van der Waals surface area contributed by atoms with Gasteiger partial charge in [-0.15, -0.1) is 0 Å². The third kappa shape index (κ3) is 7.17. The number of nitrogens with one attached hydrogen (secondary N) is 3. The van der Waals surface area contributed by atoms with Crippen LogP contribution in [0.15, 0.2) is 83.7 Å². The van der Waals surface area contributed by atoms with Gasteiger partial charge in [-0.1, -0.05) is 68.1 Å². The molecule has 1 atom stereocenters. The number of anilines is 2. The Kier molecular flexibility index (Phi) is 9.42. The molecule has 3 aromatic rings. The van der Waals surface area contributed by atoms with Crippen molar-refractivity contribution >= 4 is 40.4 Å². The van der Waals surface area contributed by atoms with Crippen LogP contribution in [0, 0.1) is 23.6 Å². The minimum Gasteiger partial charge on any atom is -0.355 e. The van der Waals surface area contributed by atoms with E-state index in [4.69, 9.17) is 5.41 Å². The average molecular weight is 517 g/mol. The summed E-state index contributed by atoms with van der Waals surface area (Å²) in [6.45, 7) is 9.62. The molecule has 37 heavy (non-hydrogen) atoms. The van der Waals surface area contributed by atoms with Crippen molar-refractivity contribution in [1.82, 2.24) is 5.32 Å². The van der Waals surface area contributed by atoms with Crippen molar-refractivity contribution in [3.63, 3.8) is 0 Å². The van der Waals surface area contributed by atoms with Gasteiger partial charge in [-0.3, -0.25) is 9.79 Å². The Labute approximate surface area is 222 Å². The molecule has 0 aliphatic carbocycles. The number of aryl methyl sites for hydroxylation is 1. The van der Waals surface area contributed by atoms with Gasteiger partial charge in [-0.2, -0.15) is 0 Å². The van der Waals surface area contributed by atoms with Crippen LogP contribution >= 0.6 is 11.8 Å². The lowest BCUT2D eigenvalue weighted by atomic mass is 9.71. The van der Waals surface area contributed by atoms with E-state index in [1.165, 1.54) is 35.7 Å². The number of hydrogen-bond acceptors (Lipinski definition) is 5. The molecular formula is C30H33FN4OS. The van der Waals surface area contributed by atoms with Gasteiger partial charge >= 0.3 is 0 Å². The number of amides is 1. The van der Waals surface area contributed by atoms with E-state index in [-0.39, 0.29) is 17.6 Å². The van der Waals surface area contributed by atoms with Gasteiger partial charge < -0.3 is 16.0 Å². The predicted molar refractivity (Wildman–Crippen MR) is 155 cm³/mol. The maximum atomic E-state index is 13.5. The van der Waals surface area contributed by atoms with Crippen LogP contribution in [0.5, 0.6) is 0 Å². The molecule has 0 radical (unpaired) electrons. The largest absolute Gasteiger partial charge is 0.355 e. The maximum absolute atomic E-state index is 13.5. The van der Waals surface area contributed by atoms with Gasteiger partial charge in [0.15, 0.2) is 5.17 Å². The van der Waals surface area contributed by atoms with Crippen LogP contribution in [-0.4, -0.2) is 24.3 Å². The predicted octanol–water partition coefficient (Wildman–Crippen LogP) is 7.21. The fraction of sp³-hybridized carbons (Fsp3) is 0.233. The Hall–Kier alpha value is -3.71. The van der Waals surface area contributed by atoms with E-state index in [0.717, 1.165) is 22.5 Å². The summed E-state index contributed by atoms with van der Waals surface area (Å²) in [5.74, 6) is -0.652. The number of amidine groups is 1. The molecule has 3 aromatic carbocycles. The van der Waals surface area contributed by atoms with Gasteiger partial charge in [0.25, 0.3) is 0 Å². The number of hydrogen-bond donors (Lipinski definition) is 3. The lowest BCUT2D eigenvalue weighted by Crippen LogP contribution is -2.43. The standard InChI is InChI=1S/C30H33FN4OS/c1-6-37-29(33-5)35-28(36)30(3,4)26(17-21-9-7-20(2)8-10-21)22-11-16-27(23(18-22)19-32)34-25-14-12-24(31)13-15-25/h6-16,18-19,26,32,34H,1,17H2,2-5H3,(H,33,35,36). The number of nitrogens with zero attached hydrogens (tertiary/aromatic N) is 1. The van der Waals surface area contributed by atoms with E-state index in [1.54, 1.807) is 24.6 Å². The molecular weight excluding hydrogens is 483 g/mol. The molecule has 0 aliphatic rings. The Morgan fingerprint density at radius 1 is 1.14 bits per heavy atom. The number of benzene rings is 3. The summed E-state index contributed by atoms with van der Waals surface area (Å²) < 4.78 is 13.3. The number of halogens is 1. The van der Waals surface area contributed by atoms with E-state index in [0.29, 0.717) is 17.2 Å². The molecule has 192 valence electrons. The summed E-state index contributed by atoms with van der Waals surface area (Å²) in [7, 11) is 1.63. The average Bonchev–Trinajstić information content (AvgIpc) is 2.89. The van der Waals surface area contributed by atoms with Crippen molar-refractivity contribution in [2.75, 3.05) is 12.4 Å². The lowest BCUT2D eigenvalue weighted by Gasteiger charge is -2.34. The molecule has 3 N–H and O–H groups in total. The summed E-state index contributed by atoms with van der Waals surface area (Å²) in [4.78, 5) is 17.7. The zero-order valence-corrected chi connectivity index (χ0v) is 22.5. The van der Waals surface area contributed by atoms with Crippen LogP contribution in [0.1, 0.15) is 42.0 Å². The number of carbonyl (C=O) groups excluding carboxylic acids is 1. The number of thioether (sulfide) groups is 1. The van der Waals surface area contributed by atoms with Crippen molar-refractivity contribution in [1.29, 1.82) is 5.41 Å². The van der Waals surface area contributed by atoms with Gasteiger partial charge in [0.05, 0.1) is 5.41 Å². The molecule has 0 heterocycles. The quantitative estimate of drug-likeness (QED) is 0.208. The first kappa shape index (κ1) is 27.9. The normalized spacial score (nSPS) is 12.5. The Balaban J connectivity index is 2.00. The van der Waals surface area contributed by atoms with Crippen LogP contribution in [0.2, 0.25) is 0 Å². The highest BCUT2D eigenvalue weighted by Gasteiger charge is 2.38. The fourth-order valence-electron chi connectivity index (χ4n) is 4.10. The molecule has 0 saturated carbocycles. The van der Waals surface area contributed by atoms with Crippen LogP contribution in [0.4, 0.5) is 15.8 Å². The van der Waals surface area contributed by atoms with Crippen LogP contribution in [-0.2, 0) is 11.2 Å². The summed E-state index contributed by atoms with van der Waals surface area (Å²) in [5.41, 5.74) is 4.54. The number of carbonyl (C=O) groups is 1. The first-order valence-corrected chi connectivity index (χ1v) is 12.8. The smallest absolute Gasteiger partial charge is 0.232 e. The molecule has 0 aromatic heterocycles. The second kappa shape index (κ2) is 12.5. The second-order valence-electron chi connectivity index (χ2n) is 9.35. The van der Waals surface area contributed by atoms with Gasteiger partial charge in [0.2, 0.25) is 5.91 Å². The van der Waals surface area contributed by atoms with Crippen molar-refractivity contribution in [3.8, 4) is 0 Å². The van der Waals surface area contributed by atoms with Crippen molar-refractivity contribution in [3.05, 3.63) is 107 Å². The van der Waals surface area contributed by atoms with E-state index in [1.807, 2.05) is 39.0 Å². The maximum Gasteiger partial charge on any atom is 0.232 e. The minimum atomic E-state index is -0.812. The lowest BCUT2D eigenvalue weighted by molar-refractivity contribution is -0.128. The SMILES string of the molecule is C=CSC(=NC)NC(=O)C(C)(C)C(Cc1ccc(C)cc1)c1ccc(Nc2ccc(F)cc2)c(C=N)c1. The number of rotatable bonds is 9. The third-order valence-electron chi connectivity index (χ3n) is 6.39. The van der Waals surface area contributed by atoms with Crippen molar-refractivity contribution < 1.29 is 9.18 Å². The first-order valence-electron chi connectivity index (χ1n) is 12.0. The van der Waals surface area contributed by atoms with Gasteiger partial charge in [-0.05, 0) is 66.3 Å². The Morgan fingerprint density at radius 3 is 2.41 bits per heavy atom. The molecule has 0 spiro atoms. The second-order valence-corrected chi connectivity index (χ2v) is 10.3. The topological polar surface area (TPSA) is 77.3 Å². The first-order chi connectivity index (χ1) is 17.7. The zero-order chi connectivity index (χ0) is 27.0. The van der Waals surface area contributed by atoms with E-state index in [9.17, 15) is 9.18 Å². The highest BCUT2D eigenvalue weighted by atomic mass is 32.2. The summed E-state index contributed by atoms with van der Waals surface area (Å²) in [5, 5.41) is 16.4. The molecule has 1 amide bonds. The summed E-state index contributed by atoms with van der Waals surface area (Å²) >= 11 is 1.26. The third-order valence-corrected chi connectivity index (χ3v) is 7.07. The minimum absolute atomic E-state index is 0.149. The molecule has 7 heteroatoms. The van der Waals surface area contributed by atoms with Crippen LogP contribution < -0.4 is 10.6 Å². The molecule has 5 nitrogen and oxygen atoms in total. The molecule has 0 bridgehead atoms. The molecule has 1 unspecified atom stereocenters. The molecule has 0 aliphatic heterocycles. The van der Waals surface area contributed by atoms with Gasteiger partial charge in [0, 0.05) is 36.1 Å². The van der Waals surface area contributed by atoms with Crippen molar-refractivity contribution in [2.24, 2.45) is 10.4 Å². The van der Waals surface area contributed by atoms with E-state index in [2.05, 4.69) is 46.5 Å². The Bertz CT molecular complexity index is 1280. The molecule has 0 saturated heterocycles.